The maximum absolute atomic E-state index is 12.3. The number of carbonyl (C=O) groups is 2. The fourth-order valence-corrected chi connectivity index (χ4v) is 2.81. The van der Waals surface area contributed by atoms with Gasteiger partial charge in [-0.3, -0.25) is 9.59 Å². The molecule has 154 valence electrons. The molecular weight excluding hydrogens is 429 g/mol. The molecule has 0 aliphatic heterocycles. The third-order valence-electron chi connectivity index (χ3n) is 3.90. The van der Waals surface area contributed by atoms with Gasteiger partial charge in [-0.15, -0.1) is 0 Å². The van der Waals surface area contributed by atoms with Crippen molar-refractivity contribution in [1.82, 2.24) is 10.3 Å². The average molecular weight is 446 g/mol. The number of hydrogen-bond acceptors (Lipinski definition) is 5. The molecular formula is C21H17Cl2N3O4. The van der Waals surface area contributed by atoms with E-state index in [9.17, 15) is 9.59 Å². The normalized spacial score (nSPS) is 10.5. The predicted molar refractivity (Wildman–Crippen MR) is 115 cm³/mol. The van der Waals surface area contributed by atoms with E-state index < -0.39 is 5.97 Å². The maximum atomic E-state index is 12.3. The summed E-state index contributed by atoms with van der Waals surface area (Å²) < 4.78 is 5.72. The van der Waals surface area contributed by atoms with Gasteiger partial charge in [-0.1, -0.05) is 35.3 Å². The summed E-state index contributed by atoms with van der Waals surface area (Å²) in [7, 11) is 0. The molecule has 0 atom stereocenters. The predicted octanol–water partition coefficient (Wildman–Crippen LogP) is 4.61. The number of nitrogens with one attached hydrogen (secondary N) is 2. The van der Waals surface area contributed by atoms with Gasteiger partial charge in [0.15, 0.2) is 0 Å². The number of hydrogen-bond donors (Lipinski definition) is 3. The first-order valence-corrected chi connectivity index (χ1v) is 9.58. The lowest BCUT2D eigenvalue weighted by Gasteiger charge is -2.09. The minimum absolute atomic E-state index is 0.123. The van der Waals surface area contributed by atoms with Gasteiger partial charge in [-0.05, 0) is 42.0 Å². The van der Waals surface area contributed by atoms with E-state index >= 15 is 0 Å². The lowest BCUT2D eigenvalue weighted by atomic mass is 10.2. The number of rotatable bonds is 8. The summed E-state index contributed by atoms with van der Waals surface area (Å²) in [6, 6.07) is 15.1. The van der Waals surface area contributed by atoms with Crippen LogP contribution in [0.2, 0.25) is 10.0 Å². The summed E-state index contributed by atoms with van der Waals surface area (Å²) in [5, 5.41) is 14.9. The number of pyridine rings is 1. The van der Waals surface area contributed by atoms with Crippen molar-refractivity contribution < 1.29 is 19.4 Å². The Morgan fingerprint density at radius 1 is 1.03 bits per heavy atom. The zero-order valence-corrected chi connectivity index (χ0v) is 17.1. The van der Waals surface area contributed by atoms with E-state index in [0.29, 0.717) is 39.5 Å². The summed E-state index contributed by atoms with van der Waals surface area (Å²) in [4.78, 5) is 27.1. The molecule has 0 aliphatic rings. The van der Waals surface area contributed by atoms with Gasteiger partial charge in [0.25, 0.3) is 5.91 Å². The highest BCUT2D eigenvalue weighted by atomic mass is 35.5. The zero-order chi connectivity index (χ0) is 21.5. The Morgan fingerprint density at radius 3 is 2.57 bits per heavy atom. The van der Waals surface area contributed by atoms with E-state index in [2.05, 4.69) is 15.6 Å². The van der Waals surface area contributed by atoms with Crippen LogP contribution in [0.25, 0.3) is 0 Å². The van der Waals surface area contributed by atoms with Crippen molar-refractivity contribution >= 4 is 40.8 Å². The Hall–Kier alpha value is -3.13. The molecule has 0 saturated heterocycles. The lowest BCUT2D eigenvalue weighted by Crippen LogP contribution is -2.21. The number of halogens is 2. The smallest absolute Gasteiger partial charge is 0.317 e. The van der Waals surface area contributed by atoms with Crippen LogP contribution < -0.4 is 15.4 Å². The van der Waals surface area contributed by atoms with Gasteiger partial charge < -0.3 is 20.5 Å². The average Bonchev–Trinajstić information content (AvgIpc) is 2.71. The minimum atomic E-state index is -0.919. The van der Waals surface area contributed by atoms with Crippen LogP contribution in [0.15, 0.2) is 60.8 Å². The van der Waals surface area contributed by atoms with E-state index in [4.69, 9.17) is 33.0 Å². The SMILES string of the molecule is O=C(O)CNCc1cccc(Oc2ccc(NC(=O)c3ccc(Cl)c(Cl)c3)cn2)c1. The highest BCUT2D eigenvalue weighted by Gasteiger charge is 2.09. The van der Waals surface area contributed by atoms with Crippen LogP contribution in [0.1, 0.15) is 15.9 Å². The highest BCUT2D eigenvalue weighted by Crippen LogP contribution is 2.24. The molecule has 0 unspecified atom stereocenters. The molecule has 3 N–H and O–H groups in total. The standard InChI is InChI=1S/C21H17Cl2N3O4/c22-17-6-4-14(9-18(17)23)21(29)26-15-5-7-19(25-11-15)30-16-3-1-2-13(8-16)10-24-12-20(27)28/h1-9,11,24H,10,12H2,(H,26,29)(H,27,28). The van der Waals surface area contributed by atoms with Crippen LogP contribution in [-0.2, 0) is 11.3 Å². The summed E-state index contributed by atoms with van der Waals surface area (Å²) in [6.07, 6.45) is 1.48. The number of carbonyl (C=O) groups excluding carboxylic acids is 1. The number of anilines is 1. The van der Waals surface area contributed by atoms with Crippen LogP contribution in [-0.4, -0.2) is 28.5 Å². The molecule has 1 heterocycles. The second kappa shape index (κ2) is 10.1. The van der Waals surface area contributed by atoms with Crippen LogP contribution in [0.5, 0.6) is 11.6 Å². The molecule has 2 aromatic carbocycles. The molecule has 1 amide bonds. The third kappa shape index (κ3) is 6.18. The topological polar surface area (TPSA) is 101 Å². The minimum Gasteiger partial charge on any atom is -0.480 e. The molecule has 30 heavy (non-hydrogen) atoms. The molecule has 0 saturated carbocycles. The van der Waals surface area contributed by atoms with Gasteiger partial charge in [0.05, 0.1) is 28.5 Å². The summed E-state index contributed by atoms with van der Waals surface area (Å²) in [6.45, 7) is 0.276. The fourth-order valence-electron chi connectivity index (χ4n) is 2.51. The Morgan fingerprint density at radius 2 is 1.87 bits per heavy atom. The Bertz CT molecular complexity index is 1060. The first-order chi connectivity index (χ1) is 14.4. The Kier molecular flexibility index (Phi) is 7.24. The molecule has 9 heteroatoms. The van der Waals surface area contributed by atoms with Gasteiger partial charge in [-0.2, -0.15) is 0 Å². The van der Waals surface area contributed by atoms with Crippen LogP contribution >= 0.6 is 23.2 Å². The van der Waals surface area contributed by atoms with Gasteiger partial charge in [0.1, 0.15) is 5.75 Å². The van der Waals surface area contributed by atoms with E-state index in [1.165, 1.54) is 12.3 Å². The van der Waals surface area contributed by atoms with Crippen molar-refractivity contribution in [2.45, 2.75) is 6.54 Å². The second-order valence-corrected chi connectivity index (χ2v) is 7.03. The highest BCUT2D eigenvalue weighted by molar-refractivity contribution is 6.42. The molecule has 3 aromatic rings. The van der Waals surface area contributed by atoms with E-state index in [1.54, 1.807) is 42.5 Å². The Balaban J connectivity index is 1.60. The van der Waals surface area contributed by atoms with Crippen molar-refractivity contribution in [3.05, 3.63) is 82.0 Å². The number of carboxylic acids is 1. The molecule has 1 aromatic heterocycles. The third-order valence-corrected chi connectivity index (χ3v) is 4.64. The number of benzene rings is 2. The van der Waals surface area contributed by atoms with Gasteiger partial charge >= 0.3 is 5.97 Å². The molecule has 0 spiro atoms. The molecule has 0 radical (unpaired) electrons. The maximum Gasteiger partial charge on any atom is 0.317 e. The summed E-state index contributed by atoms with van der Waals surface area (Å²) in [5.41, 5.74) is 1.74. The van der Waals surface area contributed by atoms with Crippen molar-refractivity contribution in [3.63, 3.8) is 0 Å². The number of aliphatic carboxylic acids is 1. The first-order valence-electron chi connectivity index (χ1n) is 8.82. The number of carboxylic acid groups (broad SMARTS) is 1. The summed E-state index contributed by atoms with van der Waals surface area (Å²) >= 11 is 11.8. The summed E-state index contributed by atoms with van der Waals surface area (Å²) in [5.74, 6) is -0.355. The van der Waals surface area contributed by atoms with Crippen molar-refractivity contribution in [1.29, 1.82) is 0 Å². The van der Waals surface area contributed by atoms with Crippen molar-refractivity contribution in [2.24, 2.45) is 0 Å². The van der Waals surface area contributed by atoms with Crippen LogP contribution in [0.4, 0.5) is 5.69 Å². The molecule has 0 bridgehead atoms. The van der Waals surface area contributed by atoms with Crippen LogP contribution in [0.3, 0.4) is 0 Å². The zero-order valence-electron chi connectivity index (χ0n) is 15.6. The van der Waals surface area contributed by atoms with Gasteiger partial charge in [-0.25, -0.2) is 4.98 Å². The number of ether oxygens (including phenoxy) is 1. The largest absolute Gasteiger partial charge is 0.480 e. The van der Waals surface area contributed by atoms with Crippen molar-refractivity contribution in [2.75, 3.05) is 11.9 Å². The number of amides is 1. The second-order valence-electron chi connectivity index (χ2n) is 6.21. The number of nitrogens with zero attached hydrogens (tertiary/aromatic N) is 1. The molecule has 0 aliphatic carbocycles. The number of aromatic nitrogens is 1. The van der Waals surface area contributed by atoms with Gasteiger partial charge in [0, 0.05) is 18.2 Å². The van der Waals surface area contributed by atoms with Crippen LogP contribution in [0, 0.1) is 0 Å². The van der Waals surface area contributed by atoms with Crippen molar-refractivity contribution in [3.8, 4) is 11.6 Å². The molecule has 3 rings (SSSR count). The quantitative estimate of drug-likeness (QED) is 0.468. The Labute approximate surface area is 182 Å². The molecule has 7 nitrogen and oxygen atoms in total. The lowest BCUT2D eigenvalue weighted by molar-refractivity contribution is -0.136. The monoisotopic (exact) mass is 445 g/mol. The van der Waals surface area contributed by atoms with Gasteiger partial charge in [0.2, 0.25) is 5.88 Å². The first kappa shape index (κ1) is 21.6. The fraction of sp³-hybridized carbons (Fsp3) is 0.0952. The van der Waals surface area contributed by atoms with E-state index in [1.807, 2.05) is 6.07 Å². The van der Waals surface area contributed by atoms with E-state index in [-0.39, 0.29) is 12.5 Å². The van der Waals surface area contributed by atoms with E-state index in [0.717, 1.165) is 5.56 Å². The molecule has 0 fully saturated rings.